The molecule has 0 saturated carbocycles. The summed E-state index contributed by atoms with van der Waals surface area (Å²) in [4.78, 5) is 20.2. The summed E-state index contributed by atoms with van der Waals surface area (Å²) in [6.45, 7) is 0. The average molecular weight is 389 g/mol. The number of alkyl halides is 3. The van der Waals surface area contributed by atoms with E-state index >= 15 is 0 Å². The molecule has 2 aromatic carbocycles. The van der Waals surface area contributed by atoms with Gasteiger partial charge in [0, 0.05) is 11.9 Å². The van der Waals surface area contributed by atoms with Crippen LogP contribution in [0.1, 0.15) is 16.5 Å². The number of benzene rings is 2. The van der Waals surface area contributed by atoms with Gasteiger partial charge in [-0.2, -0.15) is 13.2 Å². The van der Waals surface area contributed by atoms with E-state index in [-0.39, 0.29) is 11.1 Å². The number of carbonyl (C=O) groups is 1. The maximum absolute atomic E-state index is 12.9. The quantitative estimate of drug-likeness (QED) is 0.495. The standard InChI is InChI=1S/C19H14F3N3OS/c20-19(21,22)15-11-12-23-18(25-15)27-16(13-7-3-1-4-8-13)17(26)24-14-9-5-2-6-10-14/h1-12,16H,(H,24,26)/t16-/m0/s1. The molecule has 0 saturated heterocycles. The molecule has 0 spiro atoms. The molecule has 0 bridgehead atoms. The number of para-hydroxylation sites is 1. The summed E-state index contributed by atoms with van der Waals surface area (Å²) in [5.74, 6) is -0.376. The van der Waals surface area contributed by atoms with Crippen molar-refractivity contribution in [2.24, 2.45) is 0 Å². The van der Waals surface area contributed by atoms with Gasteiger partial charge >= 0.3 is 6.18 Å². The average Bonchev–Trinajstić information content (AvgIpc) is 2.67. The Labute approximate surface area is 157 Å². The van der Waals surface area contributed by atoms with Crippen molar-refractivity contribution >= 4 is 23.4 Å². The molecule has 4 nitrogen and oxygen atoms in total. The molecular weight excluding hydrogens is 375 g/mol. The highest BCUT2D eigenvalue weighted by atomic mass is 32.2. The Kier molecular flexibility index (Phi) is 5.75. The highest BCUT2D eigenvalue weighted by Crippen LogP contribution is 2.36. The van der Waals surface area contributed by atoms with Gasteiger partial charge in [-0.1, -0.05) is 60.3 Å². The first-order valence-electron chi connectivity index (χ1n) is 7.91. The first-order chi connectivity index (χ1) is 12.9. The SMILES string of the molecule is O=C(Nc1ccccc1)[C@@H](Sc1nccc(C(F)(F)F)n1)c1ccccc1. The van der Waals surface area contributed by atoms with Crippen LogP contribution in [-0.2, 0) is 11.0 Å². The highest BCUT2D eigenvalue weighted by molar-refractivity contribution is 8.00. The fourth-order valence-electron chi connectivity index (χ4n) is 2.29. The van der Waals surface area contributed by atoms with E-state index < -0.39 is 17.1 Å². The molecule has 1 atom stereocenters. The van der Waals surface area contributed by atoms with Crippen LogP contribution >= 0.6 is 11.8 Å². The lowest BCUT2D eigenvalue weighted by molar-refractivity contribution is -0.141. The number of thioether (sulfide) groups is 1. The van der Waals surface area contributed by atoms with Crippen molar-refractivity contribution in [1.82, 2.24) is 9.97 Å². The van der Waals surface area contributed by atoms with E-state index in [1.54, 1.807) is 54.6 Å². The lowest BCUT2D eigenvalue weighted by Gasteiger charge is -2.16. The molecular formula is C19H14F3N3OS. The van der Waals surface area contributed by atoms with Crippen LogP contribution in [0.25, 0.3) is 0 Å². The van der Waals surface area contributed by atoms with Gasteiger partial charge in [-0.05, 0) is 23.8 Å². The fourth-order valence-corrected chi connectivity index (χ4v) is 3.23. The summed E-state index contributed by atoms with van der Waals surface area (Å²) in [5, 5.41) is 1.83. The molecule has 1 heterocycles. The van der Waals surface area contributed by atoms with Gasteiger partial charge in [0.25, 0.3) is 0 Å². The smallest absolute Gasteiger partial charge is 0.325 e. The molecule has 1 aromatic heterocycles. The second-order valence-electron chi connectivity index (χ2n) is 5.49. The largest absolute Gasteiger partial charge is 0.433 e. The van der Waals surface area contributed by atoms with E-state index in [2.05, 4.69) is 15.3 Å². The summed E-state index contributed by atoms with van der Waals surface area (Å²) in [6.07, 6.45) is -3.54. The predicted octanol–water partition coefficient (Wildman–Crippen LogP) is 4.97. The molecule has 0 unspecified atom stereocenters. The van der Waals surface area contributed by atoms with E-state index in [1.165, 1.54) is 0 Å². The van der Waals surface area contributed by atoms with E-state index in [1.807, 2.05) is 6.07 Å². The van der Waals surface area contributed by atoms with Crippen molar-refractivity contribution in [2.75, 3.05) is 5.32 Å². The Bertz CT molecular complexity index is 905. The molecule has 27 heavy (non-hydrogen) atoms. The molecule has 3 aromatic rings. The maximum Gasteiger partial charge on any atom is 0.433 e. The van der Waals surface area contributed by atoms with Crippen molar-refractivity contribution in [3.05, 3.63) is 84.2 Å². The highest BCUT2D eigenvalue weighted by Gasteiger charge is 2.33. The lowest BCUT2D eigenvalue weighted by atomic mass is 10.1. The molecule has 0 aliphatic rings. The van der Waals surface area contributed by atoms with Gasteiger partial charge in [-0.25, -0.2) is 9.97 Å². The van der Waals surface area contributed by atoms with Crippen molar-refractivity contribution < 1.29 is 18.0 Å². The summed E-state index contributed by atoms with van der Waals surface area (Å²) >= 11 is 0.865. The van der Waals surface area contributed by atoms with Gasteiger partial charge < -0.3 is 5.32 Å². The van der Waals surface area contributed by atoms with Gasteiger partial charge in [0.1, 0.15) is 10.9 Å². The number of aromatic nitrogens is 2. The number of nitrogens with zero attached hydrogens (tertiary/aromatic N) is 2. The fraction of sp³-hybridized carbons (Fsp3) is 0.105. The minimum Gasteiger partial charge on any atom is -0.325 e. The Balaban J connectivity index is 1.88. The zero-order valence-electron chi connectivity index (χ0n) is 13.9. The second-order valence-corrected chi connectivity index (χ2v) is 6.56. The molecule has 8 heteroatoms. The predicted molar refractivity (Wildman–Crippen MR) is 97.1 cm³/mol. The first kappa shape index (κ1) is 18.9. The number of halogens is 3. The van der Waals surface area contributed by atoms with Gasteiger partial charge in [0.15, 0.2) is 5.16 Å². The Morgan fingerprint density at radius 2 is 1.59 bits per heavy atom. The van der Waals surface area contributed by atoms with Gasteiger partial charge in [-0.15, -0.1) is 0 Å². The normalized spacial score (nSPS) is 12.4. The molecule has 0 aliphatic heterocycles. The van der Waals surface area contributed by atoms with Gasteiger partial charge in [0.2, 0.25) is 5.91 Å². The molecule has 0 aliphatic carbocycles. The van der Waals surface area contributed by atoms with Crippen molar-refractivity contribution in [3.8, 4) is 0 Å². The van der Waals surface area contributed by atoms with Crippen LogP contribution < -0.4 is 5.32 Å². The minimum atomic E-state index is -4.58. The van der Waals surface area contributed by atoms with E-state index in [9.17, 15) is 18.0 Å². The van der Waals surface area contributed by atoms with Crippen molar-refractivity contribution in [3.63, 3.8) is 0 Å². The van der Waals surface area contributed by atoms with E-state index in [0.717, 1.165) is 24.0 Å². The maximum atomic E-state index is 12.9. The van der Waals surface area contributed by atoms with Crippen LogP contribution in [0, 0.1) is 0 Å². The summed E-state index contributed by atoms with van der Waals surface area (Å²) in [6, 6.07) is 18.4. The Hall–Kier alpha value is -2.87. The summed E-state index contributed by atoms with van der Waals surface area (Å²) in [7, 11) is 0. The molecule has 1 amide bonds. The molecule has 0 fully saturated rings. The second kappa shape index (κ2) is 8.22. The number of anilines is 1. The Morgan fingerprint density at radius 3 is 2.22 bits per heavy atom. The molecule has 0 radical (unpaired) electrons. The third-order valence-corrected chi connectivity index (χ3v) is 4.66. The third-order valence-electron chi connectivity index (χ3n) is 3.53. The molecule has 3 rings (SSSR count). The molecule has 1 N–H and O–H groups in total. The monoisotopic (exact) mass is 389 g/mol. The van der Waals surface area contributed by atoms with E-state index in [4.69, 9.17) is 0 Å². The minimum absolute atomic E-state index is 0.123. The zero-order valence-corrected chi connectivity index (χ0v) is 14.7. The van der Waals surface area contributed by atoms with Crippen LogP contribution in [0.3, 0.4) is 0 Å². The van der Waals surface area contributed by atoms with Crippen LogP contribution in [0.5, 0.6) is 0 Å². The number of hydrogen-bond donors (Lipinski definition) is 1. The van der Waals surface area contributed by atoms with Crippen LogP contribution in [0.2, 0.25) is 0 Å². The van der Waals surface area contributed by atoms with Crippen LogP contribution in [-0.4, -0.2) is 15.9 Å². The van der Waals surface area contributed by atoms with Crippen molar-refractivity contribution in [1.29, 1.82) is 0 Å². The topological polar surface area (TPSA) is 54.9 Å². The lowest BCUT2D eigenvalue weighted by Crippen LogP contribution is -2.19. The van der Waals surface area contributed by atoms with E-state index in [0.29, 0.717) is 11.3 Å². The van der Waals surface area contributed by atoms with Gasteiger partial charge in [0.05, 0.1) is 0 Å². The van der Waals surface area contributed by atoms with Crippen molar-refractivity contribution in [2.45, 2.75) is 16.6 Å². The number of amides is 1. The number of carbonyl (C=O) groups excluding carboxylic acids is 1. The number of nitrogens with one attached hydrogen (secondary N) is 1. The van der Waals surface area contributed by atoms with Crippen LogP contribution in [0.4, 0.5) is 18.9 Å². The molecule has 138 valence electrons. The summed E-state index contributed by atoms with van der Waals surface area (Å²) < 4.78 is 38.7. The number of hydrogen-bond acceptors (Lipinski definition) is 4. The zero-order chi connectivity index (χ0) is 19.3. The number of rotatable bonds is 5. The summed E-state index contributed by atoms with van der Waals surface area (Å²) in [5.41, 5.74) is 0.182. The first-order valence-corrected chi connectivity index (χ1v) is 8.79. The van der Waals surface area contributed by atoms with Crippen LogP contribution in [0.15, 0.2) is 78.1 Å². The third kappa shape index (κ3) is 5.07. The van der Waals surface area contributed by atoms with Gasteiger partial charge in [-0.3, -0.25) is 4.79 Å². The Morgan fingerprint density at radius 1 is 0.963 bits per heavy atom.